The molecule has 0 atom stereocenters. The summed E-state index contributed by atoms with van der Waals surface area (Å²) >= 11 is 6.33. The standard InChI is InChI=1S/C25H29N7O2.C17H15ClN4O2.C8H15N3.2CH4/c1-12-21(13(2)34-31-12)16-9-17-15(10-18(16)33-8)22-23(28-17)26-14(3)27-24(22)29-20-11-19(25(4,5)6)30-32(20)7;1-7-14(8(2)24-22-7)11-5-12-10(6-13(11)23-4)15-16(18)19-9(3)20-17(15)21-12;1-8(2,3)6-5-7(9)11(4)10-6;;/h9-11H,1-8H3,(H2,26,27,28,29);5-6H,1-4H3,(H,19,20,21);5H,9H2,1-4H3;2*1H4. The average molecular weight is 988 g/mol. The number of nitrogens with two attached hydrogens (primary N) is 1. The molecule has 8 aromatic heterocycles. The van der Waals surface area contributed by atoms with Gasteiger partial charge in [0, 0.05) is 70.0 Å². The third-order valence-electron chi connectivity index (χ3n) is 11.9. The van der Waals surface area contributed by atoms with Crippen molar-refractivity contribution in [1.82, 2.24) is 59.8 Å². The Morgan fingerprint density at radius 3 is 1.48 bits per heavy atom. The number of ether oxygens (including phenoxy) is 2. The first-order chi connectivity index (χ1) is 32.5. The van der Waals surface area contributed by atoms with E-state index >= 15 is 0 Å². The van der Waals surface area contributed by atoms with Crippen LogP contribution in [0.25, 0.3) is 66.1 Å². The summed E-state index contributed by atoms with van der Waals surface area (Å²) < 4.78 is 25.6. The Labute approximate surface area is 419 Å². The summed E-state index contributed by atoms with van der Waals surface area (Å²) in [5.74, 6) is 6.51. The van der Waals surface area contributed by atoms with Gasteiger partial charge < -0.3 is 39.5 Å². The molecule has 19 heteroatoms. The monoisotopic (exact) mass is 987 g/mol. The quantitative estimate of drug-likeness (QED) is 0.114. The van der Waals surface area contributed by atoms with Crippen molar-refractivity contribution in [3.05, 3.63) is 87.5 Å². The minimum atomic E-state index is -0.0582. The molecular formula is C52H67ClN14O4. The predicted octanol–water partition coefficient (Wildman–Crippen LogP) is 12.4. The van der Waals surface area contributed by atoms with Crippen LogP contribution in [0.2, 0.25) is 5.15 Å². The first kappa shape index (κ1) is 52.9. The van der Waals surface area contributed by atoms with Crippen LogP contribution in [0, 0.1) is 41.5 Å². The summed E-state index contributed by atoms with van der Waals surface area (Å²) in [5, 5.41) is 24.6. The highest BCUT2D eigenvalue weighted by Crippen LogP contribution is 2.43. The number of aromatic nitrogens is 12. The lowest BCUT2D eigenvalue weighted by Gasteiger charge is -2.13. The zero-order valence-corrected chi connectivity index (χ0v) is 42.8. The molecule has 71 heavy (non-hydrogen) atoms. The number of aryl methyl sites for hydroxylation is 8. The first-order valence-corrected chi connectivity index (χ1v) is 22.7. The van der Waals surface area contributed by atoms with Gasteiger partial charge in [-0.1, -0.05) is 78.3 Å². The van der Waals surface area contributed by atoms with Crippen molar-refractivity contribution < 1.29 is 18.5 Å². The molecule has 5 N–H and O–H groups in total. The second-order valence-electron chi connectivity index (χ2n) is 19.2. The van der Waals surface area contributed by atoms with Crippen LogP contribution in [-0.2, 0) is 24.9 Å². The number of benzene rings is 2. The van der Waals surface area contributed by atoms with E-state index in [1.165, 1.54) is 0 Å². The normalized spacial score (nSPS) is 11.6. The van der Waals surface area contributed by atoms with E-state index in [1.807, 2.05) is 84.6 Å². The number of nitrogen functional groups attached to an aromatic ring is 1. The van der Waals surface area contributed by atoms with Crippen molar-refractivity contribution in [1.29, 1.82) is 0 Å². The van der Waals surface area contributed by atoms with Crippen LogP contribution in [-0.4, -0.2) is 74.0 Å². The summed E-state index contributed by atoms with van der Waals surface area (Å²) in [4.78, 5) is 24.9. The third kappa shape index (κ3) is 10.1. The van der Waals surface area contributed by atoms with Crippen LogP contribution < -0.4 is 20.5 Å². The van der Waals surface area contributed by atoms with Crippen molar-refractivity contribution in [2.45, 2.75) is 109 Å². The van der Waals surface area contributed by atoms with Crippen molar-refractivity contribution in [2.24, 2.45) is 14.1 Å². The molecule has 0 unspecified atom stereocenters. The van der Waals surface area contributed by atoms with Gasteiger partial charge in [-0.15, -0.1) is 0 Å². The van der Waals surface area contributed by atoms with Crippen molar-refractivity contribution >= 4 is 72.9 Å². The van der Waals surface area contributed by atoms with Crippen molar-refractivity contribution in [2.75, 3.05) is 25.3 Å². The zero-order valence-electron chi connectivity index (χ0n) is 42.0. The third-order valence-corrected chi connectivity index (χ3v) is 12.2. The van der Waals surface area contributed by atoms with Gasteiger partial charge in [-0.25, -0.2) is 19.9 Å². The van der Waals surface area contributed by atoms with E-state index in [0.717, 1.165) is 118 Å². The van der Waals surface area contributed by atoms with Crippen LogP contribution in [0.4, 0.5) is 17.5 Å². The lowest BCUT2D eigenvalue weighted by Crippen LogP contribution is -2.12. The summed E-state index contributed by atoms with van der Waals surface area (Å²) in [5.41, 5.74) is 16.3. The van der Waals surface area contributed by atoms with E-state index in [2.05, 4.69) is 104 Å². The maximum Gasteiger partial charge on any atom is 0.145 e. The molecular weight excluding hydrogens is 920 g/mol. The first-order valence-electron chi connectivity index (χ1n) is 22.4. The topological polar surface area (TPSA) is 227 Å². The molecule has 8 heterocycles. The smallest absolute Gasteiger partial charge is 0.145 e. The summed E-state index contributed by atoms with van der Waals surface area (Å²) in [7, 11) is 7.09. The van der Waals surface area contributed by atoms with E-state index < -0.39 is 0 Å². The number of methoxy groups -OCH3 is 2. The molecule has 0 amide bonds. The maximum absolute atomic E-state index is 6.33. The van der Waals surface area contributed by atoms with Gasteiger partial charge in [-0.05, 0) is 65.8 Å². The van der Waals surface area contributed by atoms with Gasteiger partial charge in [0.05, 0.1) is 58.9 Å². The highest BCUT2D eigenvalue weighted by Gasteiger charge is 2.24. The maximum atomic E-state index is 6.33. The summed E-state index contributed by atoms with van der Waals surface area (Å²) in [6, 6.07) is 12.0. The van der Waals surface area contributed by atoms with Crippen LogP contribution in [0.3, 0.4) is 0 Å². The summed E-state index contributed by atoms with van der Waals surface area (Å²) in [6.07, 6.45) is 0. The molecule has 0 aliphatic heterocycles. The van der Waals surface area contributed by atoms with Gasteiger partial charge in [0.15, 0.2) is 0 Å². The molecule has 0 bridgehead atoms. The lowest BCUT2D eigenvalue weighted by molar-refractivity contribution is 0.393. The molecule has 0 saturated carbocycles. The van der Waals surface area contributed by atoms with Gasteiger partial charge >= 0.3 is 0 Å². The van der Waals surface area contributed by atoms with Gasteiger partial charge in [0.1, 0.15) is 68.6 Å². The average Bonchev–Trinajstić information content (AvgIpc) is 4.12. The number of rotatable bonds is 6. The highest BCUT2D eigenvalue weighted by molar-refractivity contribution is 6.36. The Bertz CT molecular complexity index is 3500. The number of anilines is 3. The molecule has 2 aromatic carbocycles. The van der Waals surface area contributed by atoms with Crippen molar-refractivity contribution in [3.63, 3.8) is 0 Å². The molecule has 10 rings (SSSR count). The molecule has 0 radical (unpaired) electrons. The zero-order chi connectivity index (χ0) is 50.0. The molecule has 0 fully saturated rings. The number of aromatic amines is 2. The number of nitrogens with zero attached hydrogens (tertiary/aromatic N) is 10. The van der Waals surface area contributed by atoms with Crippen LogP contribution >= 0.6 is 11.6 Å². The number of hydrogen-bond donors (Lipinski definition) is 4. The number of fused-ring (bicyclic) bond motifs is 6. The second-order valence-corrected chi connectivity index (χ2v) is 19.6. The fourth-order valence-electron chi connectivity index (χ4n) is 8.30. The lowest BCUT2D eigenvalue weighted by atomic mass is 9.92. The Kier molecular flexibility index (Phi) is 14.7. The van der Waals surface area contributed by atoms with E-state index in [1.54, 1.807) is 18.9 Å². The van der Waals surface area contributed by atoms with E-state index in [0.29, 0.717) is 28.3 Å². The van der Waals surface area contributed by atoms with E-state index in [4.69, 9.17) is 40.8 Å². The molecule has 10 aromatic rings. The number of nitrogens with one attached hydrogen (secondary N) is 3. The fraction of sp³-hybridized carbons (Fsp3) is 0.385. The molecule has 376 valence electrons. The number of H-pyrrole nitrogens is 2. The molecule has 0 saturated heterocycles. The minimum absolute atomic E-state index is 0. The largest absolute Gasteiger partial charge is 0.496 e. The molecule has 0 aliphatic rings. The van der Waals surface area contributed by atoms with Crippen LogP contribution in [0.5, 0.6) is 11.5 Å². The molecule has 18 nitrogen and oxygen atoms in total. The minimum Gasteiger partial charge on any atom is -0.496 e. The molecule has 0 spiro atoms. The van der Waals surface area contributed by atoms with Gasteiger partial charge in [0.2, 0.25) is 0 Å². The van der Waals surface area contributed by atoms with E-state index in [-0.39, 0.29) is 25.7 Å². The highest BCUT2D eigenvalue weighted by atomic mass is 35.5. The predicted molar refractivity (Wildman–Crippen MR) is 285 cm³/mol. The van der Waals surface area contributed by atoms with Gasteiger partial charge in [0.25, 0.3) is 0 Å². The summed E-state index contributed by atoms with van der Waals surface area (Å²) in [6.45, 7) is 24.1. The Balaban J connectivity index is 0.000000194. The molecule has 0 aliphatic carbocycles. The van der Waals surface area contributed by atoms with Gasteiger partial charge in [-0.3, -0.25) is 9.36 Å². The van der Waals surface area contributed by atoms with Crippen molar-refractivity contribution in [3.8, 4) is 33.8 Å². The van der Waals surface area contributed by atoms with Crippen LogP contribution in [0.15, 0.2) is 45.4 Å². The Morgan fingerprint density at radius 1 is 0.620 bits per heavy atom. The SMILES string of the molecule is C.C.COc1cc2c(cc1-c1c(C)noc1C)[nH]c1nc(C)nc(Cl)c12.COc1cc2c(cc1-c1c(C)noc1C)[nH]c1nc(C)nc(Nc3cc(C(C)(C)C)nn3C)c12.Cn1nc(C(C)(C)C)cc1N. The van der Waals surface area contributed by atoms with Crippen LogP contribution in [0.1, 0.15) is 102 Å². The van der Waals surface area contributed by atoms with E-state index in [9.17, 15) is 0 Å². The number of halogens is 1. The fourth-order valence-corrected chi connectivity index (χ4v) is 8.61. The Morgan fingerprint density at radius 2 is 1.07 bits per heavy atom. The Hall–Kier alpha value is -7.47. The van der Waals surface area contributed by atoms with Gasteiger partial charge in [-0.2, -0.15) is 10.2 Å². The second kappa shape index (κ2) is 19.7. The number of hydrogen-bond acceptors (Lipinski definition) is 14.